The topological polar surface area (TPSA) is 60.8 Å². The van der Waals surface area contributed by atoms with Gasteiger partial charge in [0, 0.05) is 11.4 Å². The van der Waals surface area contributed by atoms with Crippen molar-refractivity contribution in [2.45, 2.75) is 6.42 Å². The molecule has 4 N–H and O–H groups in total. The summed E-state index contributed by atoms with van der Waals surface area (Å²) in [6.45, 7) is 4.80. The van der Waals surface area contributed by atoms with Crippen molar-refractivity contribution in [1.82, 2.24) is 10.9 Å². The summed E-state index contributed by atoms with van der Waals surface area (Å²) in [5.74, 6) is -0.425. The number of carbonyl (C=O) groups excluding carboxylic acids is 1. The molecule has 2 aromatic rings. The number of benzene rings is 2. The van der Waals surface area contributed by atoms with Crippen LogP contribution in [-0.2, 0) is 4.79 Å². The number of halogens is 1. The van der Waals surface area contributed by atoms with Crippen LogP contribution in [-0.4, -0.2) is 43.7 Å². The lowest BCUT2D eigenvalue weighted by atomic mass is 10.2. The van der Waals surface area contributed by atoms with Crippen LogP contribution in [0.25, 0.3) is 0 Å². The zero-order valence-electron chi connectivity index (χ0n) is 15.6. The number of quaternary nitrogens is 1. The van der Waals surface area contributed by atoms with Gasteiger partial charge < -0.3 is 15.1 Å². The van der Waals surface area contributed by atoms with E-state index in [1.807, 2.05) is 6.07 Å². The van der Waals surface area contributed by atoms with Gasteiger partial charge in [-0.2, -0.15) is 0 Å². The van der Waals surface area contributed by atoms with Crippen LogP contribution < -0.4 is 26.0 Å². The molecule has 0 aliphatic carbocycles. The standard InChI is InChI=1S/C20H24FN5OS/c21-16-6-8-17(9-7-16)22-20(28)24-23-19(27)10-11-25-12-14-26(15-13-25)18-4-2-1-3-5-18/h1-9H,10-15H2,(H,23,27)(H2,22,24,28)/p+1. The van der Waals surface area contributed by atoms with Crippen molar-refractivity contribution in [3.05, 3.63) is 60.4 Å². The van der Waals surface area contributed by atoms with Gasteiger partial charge >= 0.3 is 0 Å². The fraction of sp³-hybridized carbons (Fsp3) is 0.300. The molecule has 1 heterocycles. The number of nitrogens with one attached hydrogen (secondary N) is 4. The molecule has 1 amide bonds. The molecule has 0 aromatic heterocycles. The number of amides is 1. The molecule has 28 heavy (non-hydrogen) atoms. The zero-order valence-corrected chi connectivity index (χ0v) is 16.4. The Kier molecular flexibility index (Phi) is 7.16. The van der Waals surface area contributed by atoms with Crippen LogP contribution in [0.1, 0.15) is 6.42 Å². The van der Waals surface area contributed by atoms with E-state index in [1.165, 1.54) is 22.7 Å². The summed E-state index contributed by atoms with van der Waals surface area (Å²) in [5.41, 5.74) is 7.17. The maximum absolute atomic E-state index is 12.9. The Morgan fingerprint density at radius 2 is 1.71 bits per heavy atom. The molecule has 8 heteroatoms. The highest BCUT2D eigenvalue weighted by Gasteiger charge is 2.20. The number of nitrogens with zero attached hydrogens (tertiary/aromatic N) is 1. The summed E-state index contributed by atoms with van der Waals surface area (Å²) in [6, 6.07) is 16.2. The monoisotopic (exact) mass is 402 g/mol. The Labute approximate surface area is 169 Å². The van der Waals surface area contributed by atoms with Crippen molar-refractivity contribution in [1.29, 1.82) is 0 Å². The first-order chi connectivity index (χ1) is 13.6. The van der Waals surface area contributed by atoms with Crippen molar-refractivity contribution < 1.29 is 14.1 Å². The normalized spacial score (nSPS) is 14.4. The lowest BCUT2D eigenvalue weighted by Gasteiger charge is -2.33. The predicted molar refractivity (Wildman–Crippen MR) is 113 cm³/mol. The van der Waals surface area contributed by atoms with Gasteiger partial charge in [0.05, 0.1) is 39.1 Å². The molecule has 1 aliphatic heterocycles. The SMILES string of the molecule is O=C(CC[NH+]1CCN(c2ccccc2)CC1)NNC(=S)Nc1ccc(F)cc1. The number of piperazine rings is 1. The molecule has 1 saturated heterocycles. The Hall–Kier alpha value is -2.71. The summed E-state index contributed by atoms with van der Waals surface area (Å²) in [5, 5.41) is 3.13. The Bertz CT molecular complexity index is 779. The Balaban J connectivity index is 1.31. The molecule has 1 aliphatic rings. The molecule has 0 radical (unpaired) electrons. The largest absolute Gasteiger partial charge is 0.360 e. The minimum atomic E-state index is -0.315. The first-order valence-corrected chi connectivity index (χ1v) is 9.76. The van der Waals surface area contributed by atoms with Gasteiger partial charge in [-0.1, -0.05) is 18.2 Å². The number of hydrazine groups is 1. The molecule has 1 fully saturated rings. The zero-order chi connectivity index (χ0) is 19.8. The third-order valence-corrected chi connectivity index (χ3v) is 4.92. The summed E-state index contributed by atoms with van der Waals surface area (Å²) in [7, 11) is 0. The molecule has 0 bridgehead atoms. The highest BCUT2D eigenvalue weighted by molar-refractivity contribution is 7.80. The number of para-hydroxylation sites is 1. The smallest absolute Gasteiger partial charge is 0.244 e. The second-order valence-corrected chi connectivity index (χ2v) is 7.12. The number of carbonyl (C=O) groups is 1. The first-order valence-electron chi connectivity index (χ1n) is 9.35. The maximum atomic E-state index is 12.9. The average molecular weight is 403 g/mol. The first kappa shape index (κ1) is 20.0. The van der Waals surface area contributed by atoms with Crippen molar-refractivity contribution in [2.75, 3.05) is 42.9 Å². The molecule has 2 aromatic carbocycles. The number of hydrogen-bond acceptors (Lipinski definition) is 3. The van der Waals surface area contributed by atoms with Crippen LogP contribution in [0, 0.1) is 5.82 Å². The lowest BCUT2D eigenvalue weighted by Crippen LogP contribution is -3.15. The van der Waals surface area contributed by atoms with Gasteiger partial charge in [0.15, 0.2) is 5.11 Å². The molecule has 6 nitrogen and oxygen atoms in total. The number of hydrogen-bond donors (Lipinski definition) is 4. The van der Waals surface area contributed by atoms with E-state index >= 15 is 0 Å². The minimum Gasteiger partial charge on any atom is -0.360 e. The molecule has 0 saturated carbocycles. The molecule has 0 atom stereocenters. The molecule has 0 spiro atoms. The van der Waals surface area contributed by atoms with Gasteiger partial charge in [0.2, 0.25) is 5.91 Å². The van der Waals surface area contributed by atoms with Crippen LogP contribution >= 0.6 is 12.2 Å². The van der Waals surface area contributed by atoms with Gasteiger partial charge in [0.25, 0.3) is 0 Å². The van der Waals surface area contributed by atoms with Gasteiger partial charge in [-0.15, -0.1) is 0 Å². The highest BCUT2D eigenvalue weighted by atomic mass is 32.1. The fourth-order valence-corrected chi connectivity index (χ4v) is 3.31. The maximum Gasteiger partial charge on any atom is 0.244 e. The minimum absolute atomic E-state index is 0.110. The molecular formula is C20H25FN5OS+. The average Bonchev–Trinajstić information content (AvgIpc) is 2.73. The van der Waals surface area contributed by atoms with Gasteiger partial charge in [-0.3, -0.25) is 15.6 Å². The van der Waals surface area contributed by atoms with E-state index in [0.29, 0.717) is 12.1 Å². The summed E-state index contributed by atoms with van der Waals surface area (Å²) < 4.78 is 12.9. The van der Waals surface area contributed by atoms with E-state index in [0.717, 1.165) is 32.7 Å². The van der Waals surface area contributed by atoms with Gasteiger partial charge in [-0.25, -0.2) is 4.39 Å². The Morgan fingerprint density at radius 1 is 1.04 bits per heavy atom. The number of thiocarbonyl (C=S) groups is 1. The predicted octanol–water partition coefficient (Wildman–Crippen LogP) is 0.939. The lowest BCUT2D eigenvalue weighted by molar-refractivity contribution is -0.900. The Morgan fingerprint density at radius 3 is 2.39 bits per heavy atom. The second-order valence-electron chi connectivity index (χ2n) is 6.71. The van der Waals surface area contributed by atoms with E-state index in [4.69, 9.17) is 12.2 Å². The van der Waals surface area contributed by atoms with E-state index in [2.05, 4.69) is 45.3 Å². The fourth-order valence-electron chi connectivity index (χ4n) is 3.14. The number of rotatable bonds is 5. The van der Waals surface area contributed by atoms with E-state index in [9.17, 15) is 9.18 Å². The van der Waals surface area contributed by atoms with Crippen molar-refractivity contribution in [2.24, 2.45) is 0 Å². The highest BCUT2D eigenvalue weighted by Crippen LogP contribution is 2.12. The summed E-state index contributed by atoms with van der Waals surface area (Å²) >= 11 is 5.11. The van der Waals surface area contributed by atoms with Gasteiger partial charge in [0.1, 0.15) is 5.82 Å². The van der Waals surface area contributed by atoms with Crippen molar-refractivity contribution >= 4 is 34.6 Å². The van der Waals surface area contributed by atoms with E-state index < -0.39 is 0 Å². The molecular weight excluding hydrogens is 377 g/mol. The van der Waals surface area contributed by atoms with Gasteiger partial charge in [-0.05, 0) is 48.6 Å². The quantitative estimate of drug-likeness (QED) is 0.443. The molecule has 3 rings (SSSR count). The third kappa shape index (κ3) is 6.17. The molecule has 0 unspecified atom stereocenters. The van der Waals surface area contributed by atoms with E-state index in [1.54, 1.807) is 12.1 Å². The second kappa shape index (κ2) is 10.0. The summed E-state index contributed by atoms with van der Waals surface area (Å²) in [6.07, 6.45) is 0.423. The van der Waals surface area contributed by atoms with Crippen LogP contribution in [0.3, 0.4) is 0 Å². The van der Waals surface area contributed by atoms with Crippen molar-refractivity contribution in [3.63, 3.8) is 0 Å². The van der Waals surface area contributed by atoms with Crippen LogP contribution in [0.2, 0.25) is 0 Å². The summed E-state index contributed by atoms with van der Waals surface area (Å²) in [4.78, 5) is 15.8. The van der Waals surface area contributed by atoms with E-state index in [-0.39, 0.29) is 16.8 Å². The van der Waals surface area contributed by atoms with Crippen LogP contribution in [0.4, 0.5) is 15.8 Å². The number of anilines is 2. The molecule has 148 valence electrons. The van der Waals surface area contributed by atoms with Crippen molar-refractivity contribution in [3.8, 4) is 0 Å². The third-order valence-electron chi connectivity index (χ3n) is 4.72. The van der Waals surface area contributed by atoms with Crippen LogP contribution in [0.15, 0.2) is 54.6 Å². The van der Waals surface area contributed by atoms with Crippen LogP contribution in [0.5, 0.6) is 0 Å².